The van der Waals surface area contributed by atoms with E-state index in [-0.39, 0.29) is 11.8 Å². The third-order valence-electron chi connectivity index (χ3n) is 4.67. The van der Waals surface area contributed by atoms with Crippen LogP contribution < -0.4 is 5.32 Å². The van der Waals surface area contributed by atoms with Crippen LogP contribution in [0, 0.1) is 12.8 Å². The van der Waals surface area contributed by atoms with Gasteiger partial charge in [-0.3, -0.25) is 9.59 Å². The predicted octanol–water partition coefficient (Wildman–Crippen LogP) is 5.07. The summed E-state index contributed by atoms with van der Waals surface area (Å²) in [4.78, 5) is 27.4. The lowest BCUT2D eigenvalue weighted by molar-refractivity contribution is -0.138. The van der Waals surface area contributed by atoms with Gasteiger partial charge in [-0.15, -0.1) is 11.8 Å². The molecule has 0 bridgehead atoms. The molecule has 0 radical (unpaired) electrons. The molecule has 30 heavy (non-hydrogen) atoms. The van der Waals surface area contributed by atoms with E-state index in [9.17, 15) is 9.59 Å². The minimum atomic E-state index is -0.560. The van der Waals surface area contributed by atoms with E-state index < -0.39 is 6.04 Å². The summed E-state index contributed by atoms with van der Waals surface area (Å²) in [6, 6.07) is 15.1. The average Bonchev–Trinajstić information content (AvgIpc) is 2.69. The van der Waals surface area contributed by atoms with E-state index >= 15 is 0 Å². The lowest BCUT2D eigenvalue weighted by atomic mass is 10.1. The Hall–Kier alpha value is -1.98. The first-order valence-electron chi connectivity index (χ1n) is 10.2. The second-order valence-electron chi connectivity index (χ2n) is 7.95. The van der Waals surface area contributed by atoms with Crippen molar-refractivity contribution in [1.82, 2.24) is 10.2 Å². The highest BCUT2D eigenvalue weighted by Gasteiger charge is 2.26. The molecule has 1 unspecified atom stereocenters. The topological polar surface area (TPSA) is 49.4 Å². The normalized spacial score (nSPS) is 11.9. The zero-order chi connectivity index (χ0) is 22.1. The monoisotopic (exact) mass is 446 g/mol. The van der Waals surface area contributed by atoms with E-state index in [2.05, 4.69) is 30.4 Å². The summed E-state index contributed by atoms with van der Waals surface area (Å²) in [5, 5.41) is 3.55. The van der Waals surface area contributed by atoms with Crippen LogP contribution in [-0.2, 0) is 21.9 Å². The van der Waals surface area contributed by atoms with Gasteiger partial charge in [0.05, 0.1) is 5.75 Å². The van der Waals surface area contributed by atoms with Crippen molar-refractivity contribution >= 4 is 35.2 Å². The number of aryl methyl sites for hydroxylation is 1. The first kappa shape index (κ1) is 24.3. The summed E-state index contributed by atoms with van der Waals surface area (Å²) in [6.45, 7) is 8.86. The molecular formula is C24H31ClN2O2S. The van der Waals surface area contributed by atoms with Crippen molar-refractivity contribution in [3.05, 3.63) is 70.2 Å². The standard InChI is InChI=1S/C24H31ClN2O2S/c1-17(2)13-26-24(29)19(4)27(14-20-8-6-10-22(25)12-20)23(28)16-30-15-21-9-5-7-18(3)11-21/h5-12,17,19H,13-16H2,1-4H3,(H,26,29). The second kappa shape index (κ2) is 12.0. The molecule has 0 aromatic heterocycles. The molecule has 0 heterocycles. The van der Waals surface area contributed by atoms with Crippen molar-refractivity contribution in [3.8, 4) is 0 Å². The Morgan fingerprint density at radius 1 is 1.07 bits per heavy atom. The summed E-state index contributed by atoms with van der Waals surface area (Å²) in [5.41, 5.74) is 3.30. The zero-order valence-corrected chi connectivity index (χ0v) is 19.7. The number of halogens is 1. The van der Waals surface area contributed by atoms with Gasteiger partial charge in [0.1, 0.15) is 6.04 Å². The Bertz CT molecular complexity index is 857. The van der Waals surface area contributed by atoms with Crippen molar-refractivity contribution in [2.75, 3.05) is 12.3 Å². The van der Waals surface area contributed by atoms with Crippen molar-refractivity contribution in [2.45, 2.75) is 46.0 Å². The summed E-state index contributed by atoms with van der Waals surface area (Å²) in [7, 11) is 0. The van der Waals surface area contributed by atoms with Crippen molar-refractivity contribution in [1.29, 1.82) is 0 Å². The summed E-state index contributed by atoms with van der Waals surface area (Å²) in [5.74, 6) is 1.23. The number of rotatable bonds is 10. The third kappa shape index (κ3) is 8.04. The van der Waals surface area contributed by atoms with Gasteiger partial charge < -0.3 is 10.2 Å². The second-order valence-corrected chi connectivity index (χ2v) is 9.37. The van der Waals surface area contributed by atoms with Crippen LogP contribution in [-0.4, -0.2) is 35.1 Å². The molecule has 2 amide bonds. The quantitative estimate of drug-likeness (QED) is 0.554. The summed E-state index contributed by atoms with van der Waals surface area (Å²) >= 11 is 7.68. The van der Waals surface area contributed by atoms with Crippen LogP contribution in [0.1, 0.15) is 37.5 Å². The molecule has 0 fully saturated rings. The molecule has 0 saturated heterocycles. The maximum absolute atomic E-state index is 13.1. The fraction of sp³-hybridized carbons (Fsp3) is 0.417. The van der Waals surface area contributed by atoms with E-state index in [1.807, 2.05) is 38.1 Å². The smallest absolute Gasteiger partial charge is 0.242 e. The van der Waals surface area contributed by atoms with Crippen LogP contribution in [0.5, 0.6) is 0 Å². The number of hydrogen-bond donors (Lipinski definition) is 1. The lowest BCUT2D eigenvalue weighted by Crippen LogP contribution is -2.48. The van der Waals surface area contributed by atoms with Gasteiger partial charge in [-0.05, 0) is 43.0 Å². The minimum Gasteiger partial charge on any atom is -0.354 e. The van der Waals surface area contributed by atoms with Gasteiger partial charge in [0.25, 0.3) is 0 Å². The molecule has 1 N–H and O–H groups in total. The number of thioether (sulfide) groups is 1. The van der Waals surface area contributed by atoms with Gasteiger partial charge in [-0.1, -0.05) is 67.4 Å². The Labute approximate surface area is 189 Å². The van der Waals surface area contributed by atoms with Crippen LogP contribution in [0.25, 0.3) is 0 Å². The number of carbonyl (C=O) groups excluding carboxylic acids is 2. The van der Waals surface area contributed by atoms with E-state index in [0.717, 1.165) is 11.3 Å². The SMILES string of the molecule is Cc1cccc(CSCC(=O)N(Cc2cccc(Cl)c2)C(C)C(=O)NCC(C)C)c1. The lowest BCUT2D eigenvalue weighted by Gasteiger charge is -2.29. The number of amides is 2. The number of hydrogen-bond acceptors (Lipinski definition) is 3. The Balaban J connectivity index is 2.06. The maximum atomic E-state index is 13.1. The number of carbonyl (C=O) groups is 2. The van der Waals surface area contributed by atoms with Crippen LogP contribution in [0.4, 0.5) is 0 Å². The van der Waals surface area contributed by atoms with Crippen molar-refractivity contribution in [3.63, 3.8) is 0 Å². The molecular weight excluding hydrogens is 416 g/mol. The van der Waals surface area contributed by atoms with Gasteiger partial charge in [-0.25, -0.2) is 0 Å². The fourth-order valence-corrected chi connectivity index (χ4v) is 4.08. The van der Waals surface area contributed by atoms with E-state index in [1.165, 1.54) is 11.1 Å². The first-order valence-corrected chi connectivity index (χ1v) is 11.7. The molecule has 4 nitrogen and oxygen atoms in total. The van der Waals surface area contributed by atoms with Crippen LogP contribution in [0.3, 0.4) is 0 Å². The van der Waals surface area contributed by atoms with E-state index in [1.54, 1.807) is 29.7 Å². The Morgan fingerprint density at radius 2 is 1.77 bits per heavy atom. The highest BCUT2D eigenvalue weighted by atomic mass is 35.5. The Kier molecular flexibility index (Phi) is 9.73. The van der Waals surface area contributed by atoms with Gasteiger partial charge >= 0.3 is 0 Å². The molecule has 2 aromatic rings. The number of benzene rings is 2. The molecule has 6 heteroatoms. The van der Waals surface area contributed by atoms with Gasteiger partial charge in [-0.2, -0.15) is 0 Å². The fourth-order valence-electron chi connectivity index (χ4n) is 3.01. The molecule has 0 aliphatic carbocycles. The highest BCUT2D eigenvalue weighted by Crippen LogP contribution is 2.18. The molecule has 0 saturated carbocycles. The van der Waals surface area contributed by atoms with Crippen molar-refractivity contribution in [2.24, 2.45) is 5.92 Å². The maximum Gasteiger partial charge on any atom is 0.242 e. The summed E-state index contributed by atoms with van der Waals surface area (Å²) < 4.78 is 0. The van der Waals surface area contributed by atoms with Crippen LogP contribution >= 0.6 is 23.4 Å². The molecule has 2 rings (SSSR count). The van der Waals surface area contributed by atoms with Crippen molar-refractivity contribution < 1.29 is 9.59 Å². The van der Waals surface area contributed by atoms with E-state index in [0.29, 0.717) is 29.8 Å². The minimum absolute atomic E-state index is 0.0557. The molecule has 162 valence electrons. The van der Waals surface area contributed by atoms with Gasteiger partial charge in [0.15, 0.2) is 0 Å². The molecule has 0 spiro atoms. The molecule has 0 aliphatic heterocycles. The molecule has 2 aromatic carbocycles. The number of nitrogens with zero attached hydrogens (tertiary/aromatic N) is 1. The average molecular weight is 447 g/mol. The van der Waals surface area contributed by atoms with Crippen LogP contribution in [0.2, 0.25) is 5.02 Å². The summed E-state index contributed by atoms with van der Waals surface area (Å²) in [6.07, 6.45) is 0. The largest absolute Gasteiger partial charge is 0.354 e. The number of nitrogens with one attached hydrogen (secondary N) is 1. The third-order valence-corrected chi connectivity index (χ3v) is 5.89. The van der Waals surface area contributed by atoms with Crippen LogP contribution in [0.15, 0.2) is 48.5 Å². The zero-order valence-electron chi connectivity index (χ0n) is 18.2. The molecule has 0 aliphatic rings. The molecule has 1 atom stereocenters. The van der Waals surface area contributed by atoms with Gasteiger partial charge in [0.2, 0.25) is 11.8 Å². The van der Waals surface area contributed by atoms with Gasteiger partial charge in [0, 0.05) is 23.9 Å². The van der Waals surface area contributed by atoms with E-state index in [4.69, 9.17) is 11.6 Å². The predicted molar refractivity (Wildman–Crippen MR) is 127 cm³/mol. The Morgan fingerprint density at radius 3 is 2.43 bits per heavy atom. The first-order chi connectivity index (χ1) is 14.3. The highest BCUT2D eigenvalue weighted by molar-refractivity contribution is 7.99.